The standard InChI is InChI=1S/C15H18N4O2/c1-16-14(20)12-8-4-5-9-19(12)15(21)13-10-6-2-3-7-11(10)17-18-13/h2-3,6-7,12H,4-5,8-9H2,1H3,(H,16,20)(H,17,18). The van der Waals surface area contributed by atoms with Crippen LogP contribution in [0.4, 0.5) is 0 Å². The van der Waals surface area contributed by atoms with Crippen LogP contribution < -0.4 is 5.32 Å². The lowest BCUT2D eigenvalue weighted by Crippen LogP contribution is -2.51. The van der Waals surface area contributed by atoms with Crippen LogP contribution in [0.2, 0.25) is 0 Å². The maximum absolute atomic E-state index is 12.8. The minimum atomic E-state index is -0.397. The fourth-order valence-electron chi connectivity index (χ4n) is 2.88. The summed E-state index contributed by atoms with van der Waals surface area (Å²) in [5.41, 5.74) is 1.22. The zero-order chi connectivity index (χ0) is 14.8. The van der Waals surface area contributed by atoms with Crippen molar-refractivity contribution in [2.75, 3.05) is 13.6 Å². The molecule has 3 rings (SSSR count). The number of carbonyl (C=O) groups is 2. The molecule has 1 saturated heterocycles. The lowest BCUT2D eigenvalue weighted by atomic mass is 10.0. The molecular weight excluding hydrogens is 268 g/mol. The predicted molar refractivity (Wildman–Crippen MR) is 78.8 cm³/mol. The van der Waals surface area contributed by atoms with Gasteiger partial charge in [-0.15, -0.1) is 0 Å². The monoisotopic (exact) mass is 286 g/mol. The van der Waals surface area contributed by atoms with Crippen molar-refractivity contribution in [3.63, 3.8) is 0 Å². The molecule has 2 aromatic rings. The van der Waals surface area contributed by atoms with Crippen molar-refractivity contribution in [2.24, 2.45) is 0 Å². The van der Waals surface area contributed by atoms with E-state index in [1.807, 2.05) is 24.3 Å². The molecule has 2 amide bonds. The summed E-state index contributed by atoms with van der Waals surface area (Å²) in [4.78, 5) is 26.4. The van der Waals surface area contributed by atoms with Crippen molar-refractivity contribution >= 4 is 22.7 Å². The summed E-state index contributed by atoms with van der Waals surface area (Å²) in [7, 11) is 1.60. The van der Waals surface area contributed by atoms with Gasteiger partial charge in [-0.1, -0.05) is 18.2 Å². The molecule has 6 heteroatoms. The van der Waals surface area contributed by atoms with Gasteiger partial charge in [0.2, 0.25) is 5.91 Å². The molecule has 0 radical (unpaired) electrons. The average molecular weight is 286 g/mol. The number of likely N-dealkylation sites (N-methyl/N-ethyl adjacent to an activating group) is 1. The Bertz CT molecular complexity index is 679. The number of hydrogen-bond acceptors (Lipinski definition) is 3. The molecule has 0 bridgehead atoms. The number of carbonyl (C=O) groups excluding carboxylic acids is 2. The third-order valence-electron chi connectivity index (χ3n) is 3.99. The van der Waals surface area contributed by atoms with Gasteiger partial charge in [-0.25, -0.2) is 0 Å². The number of piperidine rings is 1. The Morgan fingerprint density at radius 3 is 2.95 bits per heavy atom. The number of likely N-dealkylation sites (tertiary alicyclic amines) is 1. The molecule has 0 saturated carbocycles. The van der Waals surface area contributed by atoms with Crippen molar-refractivity contribution < 1.29 is 9.59 Å². The molecule has 1 aliphatic rings. The van der Waals surface area contributed by atoms with E-state index in [9.17, 15) is 9.59 Å². The number of benzene rings is 1. The van der Waals surface area contributed by atoms with Gasteiger partial charge in [-0.2, -0.15) is 5.10 Å². The quantitative estimate of drug-likeness (QED) is 0.873. The normalized spacial score (nSPS) is 18.7. The largest absolute Gasteiger partial charge is 0.357 e. The first-order chi connectivity index (χ1) is 10.2. The molecule has 2 N–H and O–H groups in total. The number of aromatic nitrogens is 2. The van der Waals surface area contributed by atoms with Crippen molar-refractivity contribution in [2.45, 2.75) is 25.3 Å². The molecule has 2 heterocycles. The van der Waals surface area contributed by atoms with Crippen LogP contribution in [0.15, 0.2) is 24.3 Å². The van der Waals surface area contributed by atoms with E-state index in [2.05, 4.69) is 15.5 Å². The maximum atomic E-state index is 12.8. The van der Waals surface area contributed by atoms with Gasteiger partial charge in [0.05, 0.1) is 5.52 Å². The lowest BCUT2D eigenvalue weighted by molar-refractivity contribution is -0.126. The molecule has 110 valence electrons. The smallest absolute Gasteiger partial charge is 0.275 e. The molecular formula is C15H18N4O2. The lowest BCUT2D eigenvalue weighted by Gasteiger charge is -2.34. The van der Waals surface area contributed by atoms with Gasteiger partial charge in [0, 0.05) is 19.0 Å². The van der Waals surface area contributed by atoms with Crippen LogP contribution in [0, 0.1) is 0 Å². The van der Waals surface area contributed by atoms with Crippen molar-refractivity contribution in [1.82, 2.24) is 20.4 Å². The molecule has 1 fully saturated rings. The summed E-state index contributed by atoms with van der Waals surface area (Å²) in [5, 5.41) is 10.4. The Labute approximate surface area is 122 Å². The number of nitrogens with zero attached hydrogens (tertiary/aromatic N) is 2. The number of amides is 2. The first-order valence-electron chi connectivity index (χ1n) is 7.18. The minimum absolute atomic E-state index is 0.108. The molecule has 1 unspecified atom stereocenters. The topological polar surface area (TPSA) is 78.1 Å². The molecule has 1 atom stereocenters. The third kappa shape index (κ3) is 2.37. The third-order valence-corrected chi connectivity index (χ3v) is 3.99. The summed E-state index contributed by atoms with van der Waals surface area (Å²) in [5.74, 6) is -0.288. The van der Waals surface area contributed by atoms with Crippen LogP contribution >= 0.6 is 0 Å². The average Bonchev–Trinajstić information content (AvgIpc) is 2.97. The highest BCUT2D eigenvalue weighted by Crippen LogP contribution is 2.22. The van der Waals surface area contributed by atoms with E-state index in [4.69, 9.17) is 0 Å². The Kier molecular flexibility index (Phi) is 3.60. The number of fused-ring (bicyclic) bond motifs is 1. The fourth-order valence-corrected chi connectivity index (χ4v) is 2.88. The summed E-state index contributed by atoms with van der Waals surface area (Å²) < 4.78 is 0. The summed E-state index contributed by atoms with van der Waals surface area (Å²) in [6.07, 6.45) is 2.58. The van der Waals surface area contributed by atoms with Gasteiger partial charge >= 0.3 is 0 Å². The summed E-state index contributed by atoms with van der Waals surface area (Å²) >= 11 is 0. The van der Waals surface area contributed by atoms with E-state index < -0.39 is 6.04 Å². The zero-order valence-electron chi connectivity index (χ0n) is 11.9. The highest BCUT2D eigenvalue weighted by Gasteiger charge is 2.33. The summed E-state index contributed by atoms with van der Waals surface area (Å²) in [6, 6.07) is 7.12. The van der Waals surface area contributed by atoms with E-state index in [1.165, 1.54) is 0 Å². The number of para-hydroxylation sites is 1. The molecule has 21 heavy (non-hydrogen) atoms. The van der Waals surface area contributed by atoms with Gasteiger partial charge < -0.3 is 10.2 Å². The minimum Gasteiger partial charge on any atom is -0.357 e. The SMILES string of the molecule is CNC(=O)C1CCCCN1C(=O)c1n[nH]c2ccccc12. The predicted octanol–water partition coefficient (Wildman–Crippen LogP) is 1.30. The van der Waals surface area contributed by atoms with E-state index in [0.717, 1.165) is 23.7 Å². The van der Waals surface area contributed by atoms with E-state index in [1.54, 1.807) is 11.9 Å². The number of rotatable bonds is 2. The number of hydrogen-bond donors (Lipinski definition) is 2. The Morgan fingerprint density at radius 1 is 1.33 bits per heavy atom. The Hall–Kier alpha value is -2.37. The fraction of sp³-hybridized carbons (Fsp3) is 0.400. The van der Waals surface area contributed by atoms with Crippen LogP contribution in [-0.4, -0.2) is 46.5 Å². The second-order valence-electron chi connectivity index (χ2n) is 5.24. The van der Waals surface area contributed by atoms with E-state index in [-0.39, 0.29) is 11.8 Å². The van der Waals surface area contributed by atoms with Crippen LogP contribution in [0.5, 0.6) is 0 Å². The van der Waals surface area contributed by atoms with Gasteiger partial charge in [0.25, 0.3) is 5.91 Å². The second-order valence-corrected chi connectivity index (χ2v) is 5.24. The molecule has 6 nitrogen and oxygen atoms in total. The molecule has 1 aromatic carbocycles. The molecule has 1 aliphatic heterocycles. The Balaban J connectivity index is 1.94. The van der Waals surface area contributed by atoms with Crippen LogP contribution in [-0.2, 0) is 4.79 Å². The van der Waals surface area contributed by atoms with Crippen molar-refractivity contribution in [1.29, 1.82) is 0 Å². The van der Waals surface area contributed by atoms with Crippen LogP contribution in [0.3, 0.4) is 0 Å². The highest BCUT2D eigenvalue weighted by atomic mass is 16.2. The Morgan fingerprint density at radius 2 is 2.14 bits per heavy atom. The van der Waals surface area contributed by atoms with Gasteiger partial charge in [-0.3, -0.25) is 14.7 Å². The first-order valence-corrected chi connectivity index (χ1v) is 7.18. The zero-order valence-corrected chi connectivity index (χ0v) is 11.9. The number of H-pyrrole nitrogens is 1. The second kappa shape index (κ2) is 5.55. The maximum Gasteiger partial charge on any atom is 0.275 e. The number of aromatic amines is 1. The van der Waals surface area contributed by atoms with E-state index in [0.29, 0.717) is 18.7 Å². The molecule has 1 aromatic heterocycles. The van der Waals surface area contributed by atoms with E-state index >= 15 is 0 Å². The van der Waals surface area contributed by atoms with Gasteiger partial charge in [0.15, 0.2) is 5.69 Å². The van der Waals surface area contributed by atoms with Crippen LogP contribution in [0.25, 0.3) is 10.9 Å². The first kappa shape index (κ1) is 13.6. The number of nitrogens with one attached hydrogen (secondary N) is 2. The van der Waals surface area contributed by atoms with Crippen molar-refractivity contribution in [3.8, 4) is 0 Å². The van der Waals surface area contributed by atoms with Crippen molar-refractivity contribution in [3.05, 3.63) is 30.0 Å². The molecule has 0 spiro atoms. The van der Waals surface area contributed by atoms with Crippen LogP contribution in [0.1, 0.15) is 29.8 Å². The summed E-state index contributed by atoms with van der Waals surface area (Å²) in [6.45, 7) is 0.595. The van der Waals surface area contributed by atoms with Gasteiger partial charge in [-0.05, 0) is 25.3 Å². The highest BCUT2D eigenvalue weighted by molar-refractivity contribution is 6.06. The van der Waals surface area contributed by atoms with Gasteiger partial charge in [0.1, 0.15) is 6.04 Å². The molecule has 0 aliphatic carbocycles.